The van der Waals surface area contributed by atoms with Gasteiger partial charge in [0.25, 0.3) is 0 Å². The zero-order chi connectivity index (χ0) is 9.10. The molecular weight excluding hydrogens is 186 g/mol. The standard InChI is InChI=1S/C9H9NO2S/c11-8-6-12-10-9(8)13-7-4-2-1-3-5-7/h1-5,8,11H,6H2/t8-/m1/s1. The van der Waals surface area contributed by atoms with Crippen LogP contribution in [0.25, 0.3) is 0 Å². The summed E-state index contributed by atoms with van der Waals surface area (Å²) in [5.41, 5.74) is 0. The summed E-state index contributed by atoms with van der Waals surface area (Å²) in [5.74, 6) is 0. The first-order chi connectivity index (χ1) is 6.36. The molecule has 0 saturated heterocycles. The lowest BCUT2D eigenvalue weighted by atomic mass is 10.4. The van der Waals surface area contributed by atoms with E-state index in [2.05, 4.69) is 5.16 Å². The number of thioether (sulfide) groups is 1. The monoisotopic (exact) mass is 195 g/mol. The lowest BCUT2D eigenvalue weighted by Gasteiger charge is -2.01. The van der Waals surface area contributed by atoms with E-state index in [4.69, 9.17) is 4.84 Å². The fraction of sp³-hybridized carbons (Fsp3) is 0.222. The quantitative estimate of drug-likeness (QED) is 0.738. The Balaban J connectivity index is 2.06. The molecule has 1 atom stereocenters. The maximum Gasteiger partial charge on any atom is 0.150 e. The maximum atomic E-state index is 9.37. The number of nitrogens with zero attached hydrogens (tertiary/aromatic N) is 1. The molecule has 68 valence electrons. The molecule has 0 bridgehead atoms. The summed E-state index contributed by atoms with van der Waals surface area (Å²) >= 11 is 1.43. The van der Waals surface area contributed by atoms with Gasteiger partial charge in [0, 0.05) is 4.90 Å². The molecule has 1 N–H and O–H groups in total. The Labute approximate surface area is 80.4 Å². The van der Waals surface area contributed by atoms with Crippen molar-refractivity contribution in [2.45, 2.75) is 11.0 Å². The number of hydrogen-bond donors (Lipinski definition) is 1. The lowest BCUT2D eigenvalue weighted by Crippen LogP contribution is -2.15. The second-order valence-electron chi connectivity index (χ2n) is 2.66. The van der Waals surface area contributed by atoms with E-state index in [1.54, 1.807) is 0 Å². The summed E-state index contributed by atoms with van der Waals surface area (Å²) in [6.07, 6.45) is -0.565. The van der Waals surface area contributed by atoms with Crippen LogP contribution >= 0.6 is 11.8 Å². The first kappa shape index (κ1) is 8.59. The van der Waals surface area contributed by atoms with Gasteiger partial charge in [-0.2, -0.15) is 0 Å². The molecule has 0 aliphatic carbocycles. The molecule has 1 aliphatic rings. The lowest BCUT2D eigenvalue weighted by molar-refractivity contribution is 0.105. The predicted octanol–water partition coefficient (Wildman–Crippen LogP) is 1.48. The van der Waals surface area contributed by atoms with E-state index in [-0.39, 0.29) is 6.61 Å². The fourth-order valence-electron chi connectivity index (χ4n) is 1.000. The molecule has 0 radical (unpaired) electrons. The molecule has 3 nitrogen and oxygen atoms in total. The van der Waals surface area contributed by atoms with Crippen molar-refractivity contribution >= 4 is 16.8 Å². The first-order valence-corrected chi connectivity index (χ1v) is 4.79. The highest BCUT2D eigenvalue weighted by atomic mass is 32.2. The topological polar surface area (TPSA) is 41.8 Å². The minimum absolute atomic E-state index is 0.273. The van der Waals surface area contributed by atoms with E-state index in [9.17, 15) is 5.11 Å². The van der Waals surface area contributed by atoms with Gasteiger partial charge in [0.05, 0.1) is 0 Å². The van der Waals surface area contributed by atoms with Gasteiger partial charge in [-0.15, -0.1) is 0 Å². The van der Waals surface area contributed by atoms with E-state index < -0.39 is 6.10 Å². The molecular formula is C9H9NO2S. The molecule has 1 aromatic carbocycles. The highest BCUT2D eigenvalue weighted by Crippen LogP contribution is 2.23. The summed E-state index contributed by atoms with van der Waals surface area (Å²) in [6.45, 7) is 0.273. The molecule has 0 unspecified atom stereocenters. The Bertz CT molecular complexity index is 313. The molecule has 0 amide bonds. The molecule has 0 aromatic heterocycles. The van der Waals surface area contributed by atoms with Gasteiger partial charge >= 0.3 is 0 Å². The van der Waals surface area contributed by atoms with E-state index in [0.717, 1.165) is 4.90 Å². The highest BCUT2D eigenvalue weighted by Gasteiger charge is 2.21. The third-order valence-electron chi connectivity index (χ3n) is 1.64. The van der Waals surface area contributed by atoms with Crippen molar-refractivity contribution in [1.82, 2.24) is 0 Å². The number of aliphatic hydroxyl groups is 1. The third-order valence-corrected chi connectivity index (χ3v) is 2.70. The summed E-state index contributed by atoms with van der Waals surface area (Å²) in [7, 11) is 0. The second kappa shape index (κ2) is 3.81. The van der Waals surface area contributed by atoms with Gasteiger partial charge < -0.3 is 9.94 Å². The van der Waals surface area contributed by atoms with E-state index in [1.807, 2.05) is 30.3 Å². The van der Waals surface area contributed by atoms with Crippen LogP contribution in [0.4, 0.5) is 0 Å². The van der Waals surface area contributed by atoms with Crippen LogP contribution in [0.15, 0.2) is 40.4 Å². The first-order valence-electron chi connectivity index (χ1n) is 3.97. The van der Waals surface area contributed by atoms with Crippen molar-refractivity contribution in [2.75, 3.05) is 6.61 Å². The molecule has 4 heteroatoms. The van der Waals surface area contributed by atoms with Crippen LogP contribution in [0.2, 0.25) is 0 Å². The fourth-order valence-corrected chi connectivity index (χ4v) is 1.83. The van der Waals surface area contributed by atoms with Crippen LogP contribution in [-0.4, -0.2) is 22.9 Å². The number of aliphatic hydroxyl groups excluding tert-OH is 1. The van der Waals surface area contributed by atoms with Crippen molar-refractivity contribution in [3.63, 3.8) is 0 Å². The molecule has 13 heavy (non-hydrogen) atoms. The van der Waals surface area contributed by atoms with Crippen molar-refractivity contribution in [1.29, 1.82) is 0 Å². The summed E-state index contributed by atoms with van der Waals surface area (Å²) in [5, 5.41) is 13.7. The largest absolute Gasteiger partial charge is 0.392 e. The summed E-state index contributed by atoms with van der Waals surface area (Å²) in [6, 6.07) is 9.79. The van der Waals surface area contributed by atoms with Gasteiger partial charge in [-0.25, -0.2) is 0 Å². The molecule has 1 aromatic rings. The van der Waals surface area contributed by atoms with E-state index >= 15 is 0 Å². The summed E-state index contributed by atoms with van der Waals surface area (Å²) in [4.78, 5) is 5.82. The number of hydrogen-bond acceptors (Lipinski definition) is 4. The minimum atomic E-state index is -0.565. The van der Waals surface area contributed by atoms with Crippen molar-refractivity contribution in [2.24, 2.45) is 5.16 Å². The van der Waals surface area contributed by atoms with Crippen LogP contribution < -0.4 is 0 Å². The third kappa shape index (κ3) is 2.02. The second-order valence-corrected chi connectivity index (χ2v) is 3.75. The zero-order valence-corrected chi connectivity index (χ0v) is 7.70. The van der Waals surface area contributed by atoms with E-state index in [0.29, 0.717) is 5.04 Å². The Morgan fingerprint density at radius 1 is 1.38 bits per heavy atom. The van der Waals surface area contributed by atoms with Gasteiger partial charge in [-0.3, -0.25) is 0 Å². The van der Waals surface area contributed by atoms with Gasteiger partial charge in [-0.05, 0) is 12.1 Å². The Kier molecular flexibility index (Phi) is 2.52. The average molecular weight is 195 g/mol. The number of benzene rings is 1. The maximum absolute atomic E-state index is 9.37. The van der Waals surface area contributed by atoms with Gasteiger partial charge in [0.1, 0.15) is 17.8 Å². The molecule has 1 aliphatic heterocycles. The predicted molar refractivity (Wildman–Crippen MR) is 51.7 cm³/mol. The average Bonchev–Trinajstić information content (AvgIpc) is 2.54. The van der Waals surface area contributed by atoms with Crippen LogP contribution in [0, 0.1) is 0 Å². The van der Waals surface area contributed by atoms with E-state index in [1.165, 1.54) is 11.8 Å². The Morgan fingerprint density at radius 3 is 2.77 bits per heavy atom. The van der Waals surface area contributed by atoms with Crippen molar-refractivity contribution in [3.05, 3.63) is 30.3 Å². The smallest absolute Gasteiger partial charge is 0.150 e. The Hall–Kier alpha value is -1.00. The molecule has 0 saturated carbocycles. The molecule has 0 fully saturated rings. The minimum Gasteiger partial charge on any atom is -0.392 e. The molecule has 0 spiro atoms. The zero-order valence-electron chi connectivity index (χ0n) is 6.88. The number of oxime groups is 1. The van der Waals surface area contributed by atoms with Crippen LogP contribution in [-0.2, 0) is 4.84 Å². The van der Waals surface area contributed by atoms with Gasteiger partial charge in [0.2, 0.25) is 0 Å². The molecule has 1 heterocycles. The van der Waals surface area contributed by atoms with Crippen LogP contribution in [0.5, 0.6) is 0 Å². The molecule has 2 rings (SSSR count). The van der Waals surface area contributed by atoms with Crippen molar-refractivity contribution < 1.29 is 9.94 Å². The normalized spacial score (nSPS) is 21.0. The van der Waals surface area contributed by atoms with Crippen LogP contribution in [0.3, 0.4) is 0 Å². The SMILES string of the molecule is O[C@@H]1CON=C1Sc1ccccc1. The summed E-state index contributed by atoms with van der Waals surface area (Å²) < 4.78 is 0. The Morgan fingerprint density at radius 2 is 2.15 bits per heavy atom. The van der Waals surface area contributed by atoms with Crippen molar-refractivity contribution in [3.8, 4) is 0 Å². The highest BCUT2D eigenvalue weighted by molar-refractivity contribution is 8.14. The van der Waals surface area contributed by atoms with Crippen LogP contribution in [0.1, 0.15) is 0 Å². The number of rotatable bonds is 1. The van der Waals surface area contributed by atoms with Gasteiger partial charge in [0.15, 0.2) is 0 Å². The van der Waals surface area contributed by atoms with Gasteiger partial charge in [-0.1, -0.05) is 35.1 Å².